The van der Waals surface area contributed by atoms with Crippen molar-refractivity contribution in [3.63, 3.8) is 0 Å². The van der Waals surface area contributed by atoms with Gasteiger partial charge in [-0.25, -0.2) is 0 Å². The summed E-state index contributed by atoms with van der Waals surface area (Å²) >= 11 is 6.15. The summed E-state index contributed by atoms with van der Waals surface area (Å²) in [7, 11) is -3.03. The Hall–Kier alpha value is -0.416. The van der Waals surface area contributed by atoms with Crippen molar-refractivity contribution >= 4 is 38.6 Å². The first-order valence-electron chi connectivity index (χ1n) is 11.3. The van der Waals surface area contributed by atoms with Crippen molar-refractivity contribution in [1.82, 2.24) is 10.6 Å². The van der Waals surface area contributed by atoms with Gasteiger partial charge in [-0.3, -0.25) is 9.59 Å². The lowest BCUT2D eigenvalue weighted by atomic mass is 10.2. The first-order chi connectivity index (χ1) is 13.8. The predicted octanol–water partition coefficient (Wildman–Crippen LogP) is 4.77. The Bertz CT molecular complexity index is 570. The lowest BCUT2D eigenvalue weighted by molar-refractivity contribution is -0.120. The van der Waals surface area contributed by atoms with Gasteiger partial charge in [-0.05, 0) is 36.0 Å². The Labute approximate surface area is 197 Å². The summed E-state index contributed by atoms with van der Waals surface area (Å²) in [6.45, 7) is 22.9. The molecule has 2 aliphatic rings. The van der Waals surface area contributed by atoms with Crippen LogP contribution in [0.4, 0.5) is 0 Å². The van der Waals surface area contributed by atoms with Gasteiger partial charge in [-0.15, -0.1) is 0 Å². The maximum absolute atomic E-state index is 11.0. The van der Waals surface area contributed by atoms with E-state index in [0.29, 0.717) is 24.5 Å². The number of aliphatic hydroxyl groups excluding tert-OH is 1. The van der Waals surface area contributed by atoms with Gasteiger partial charge in [0.25, 0.3) is 0 Å². The number of nitrogens with one attached hydrogen (secondary N) is 2. The Morgan fingerprint density at radius 3 is 1.52 bits per heavy atom. The minimum Gasteiger partial charge on any atom is -0.415 e. The molecule has 0 radical (unpaired) electrons. The van der Waals surface area contributed by atoms with Crippen LogP contribution in [0.3, 0.4) is 0 Å². The van der Waals surface area contributed by atoms with Gasteiger partial charge in [-0.2, -0.15) is 11.1 Å². The Morgan fingerprint density at radius 2 is 1.29 bits per heavy atom. The Morgan fingerprint density at radius 1 is 0.903 bits per heavy atom. The van der Waals surface area contributed by atoms with E-state index in [9.17, 15) is 9.59 Å². The maximum atomic E-state index is 11.0. The highest BCUT2D eigenvalue weighted by Crippen LogP contribution is 2.38. The van der Waals surface area contributed by atoms with E-state index in [4.69, 9.17) is 20.6 Å². The average Bonchev–Trinajstić information content (AvgIpc) is 3.19. The number of hydrogen-bond donors (Lipinski definition) is 3. The molecule has 0 saturated carbocycles. The fourth-order valence-electron chi connectivity index (χ4n) is 2.14. The zero-order chi connectivity index (χ0) is 24.7. The number of halogens is 1. The molecule has 9 heteroatoms. The standard InChI is InChI=1S/C11H23NO2Si.C6H15ClSi.C5H9NO2/c1-11(2,3)15(4,5)14-8-9-6-7-10(13)12-9;1-6(2,3)8(4,5)7;7-3-4-1-2-5(8)6-4/h9H,6-8H2,1-5H3,(H,12,13);1-5H3;4,7H,1-3H2,(H,6,8)/t9-;;4-/m0.0/s1. The zero-order valence-electron chi connectivity index (χ0n) is 21.4. The molecule has 0 aromatic carbocycles. The van der Waals surface area contributed by atoms with E-state index in [1.165, 1.54) is 0 Å². The van der Waals surface area contributed by atoms with Crippen molar-refractivity contribution in [3.8, 4) is 0 Å². The molecule has 0 aromatic heterocycles. The van der Waals surface area contributed by atoms with Gasteiger partial charge in [-0.1, -0.05) is 54.6 Å². The summed E-state index contributed by atoms with van der Waals surface area (Å²) < 4.78 is 6.05. The number of carbonyl (C=O) groups is 2. The van der Waals surface area contributed by atoms with E-state index in [1.54, 1.807) is 0 Å². The minimum atomic E-state index is -1.65. The molecular formula is C22H47ClN2O4Si2. The van der Waals surface area contributed by atoms with Crippen molar-refractivity contribution < 1.29 is 19.1 Å². The van der Waals surface area contributed by atoms with Gasteiger partial charge >= 0.3 is 0 Å². The first kappa shape index (κ1) is 30.6. The van der Waals surface area contributed by atoms with Crippen LogP contribution in [-0.2, 0) is 14.0 Å². The Kier molecular flexibility index (Phi) is 12.0. The molecule has 184 valence electrons. The second-order valence-corrected chi connectivity index (χ2v) is 23.7. The lowest BCUT2D eigenvalue weighted by Crippen LogP contribution is -2.44. The molecule has 0 aromatic rings. The number of amides is 2. The van der Waals surface area contributed by atoms with Crippen molar-refractivity contribution in [1.29, 1.82) is 0 Å². The molecule has 31 heavy (non-hydrogen) atoms. The molecule has 2 amide bonds. The highest BCUT2D eigenvalue weighted by molar-refractivity contribution is 7.20. The zero-order valence-corrected chi connectivity index (χ0v) is 24.2. The first-order valence-corrected chi connectivity index (χ1v) is 18.2. The smallest absolute Gasteiger partial charge is 0.220 e. The van der Waals surface area contributed by atoms with Gasteiger partial charge in [0.1, 0.15) is 0 Å². The predicted molar refractivity (Wildman–Crippen MR) is 136 cm³/mol. The van der Waals surface area contributed by atoms with E-state index in [1.807, 2.05) is 0 Å². The van der Waals surface area contributed by atoms with Crippen LogP contribution in [0.1, 0.15) is 67.2 Å². The molecule has 2 saturated heterocycles. The highest BCUT2D eigenvalue weighted by Gasteiger charge is 2.38. The summed E-state index contributed by atoms with van der Waals surface area (Å²) in [6.07, 6.45) is 2.94. The van der Waals surface area contributed by atoms with Crippen molar-refractivity contribution in [2.24, 2.45) is 0 Å². The molecule has 2 fully saturated rings. The third-order valence-electron chi connectivity index (χ3n) is 6.63. The van der Waals surface area contributed by atoms with Crippen LogP contribution in [0.5, 0.6) is 0 Å². The molecule has 2 atom stereocenters. The fraction of sp³-hybridized carbons (Fsp3) is 0.909. The molecule has 6 nitrogen and oxygen atoms in total. The molecule has 0 unspecified atom stereocenters. The fourth-order valence-corrected chi connectivity index (χ4v) is 3.19. The molecule has 0 bridgehead atoms. The summed E-state index contributed by atoms with van der Waals surface area (Å²) in [5, 5.41) is 14.6. The van der Waals surface area contributed by atoms with Crippen LogP contribution in [0.2, 0.25) is 36.3 Å². The van der Waals surface area contributed by atoms with Crippen molar-refractivity contribution in [2.45, 2.75) is 116 Å². The second-order valence-electron chi connectivity index (χ2n) is 11.6. The molecule has 2 aliphatic heterocycles. The molecular weight excluding hydrogens is 448 g/mol. The van der Waals surface area contributed by atoms with Gasteiger partial charge < -0.3 is 20.2 Å². The van der Waals surface area contributed by atoms with Crippen molar-refractivity contribution in [3.05, 3.63) is 0 Å². The van der Waals surface area contributed by atoms with Crippen LogP contribution in [0.15, 0.2) is 0 Å². The molecule has 0 aliphatic carbocycles. The summed E-state index contributed by atoms with van der Waals surface area (Å²) in [5.74, 6) is 0.225. The van der Waals surface area contributed by atoms with Crippen LogP contribution in [-0.4, -0.2) is 57.9 Å². The van der Waals surface area contributed by atoms with Gasteiger partial charge in [0.2, 0.25) is 11.8 Å². The van der Waals surface area contributed by atoms with E-state index in [-0.39, 0.29) is 35.5 Å². The molecule has 3 N–H and O–H groups in total. The highest BCUT2D eigenvalue weighted by atomic mass is 35.6. The van der Waals surface area contributed by atoms with E-state index in [2.05, 4.69) is 78.4 Å². The minimum absolute atomic E-state index is 0.0301. The van der Waals surface area contributed by atoms with Crippen molar-refractivity contribution in [2.75, 3.05) is 13.2 Å². The second kappa shape index (κ2) is 12.2. The topological polar surface area (TPSA) is 87.7 Å². The summed E-state index contributed by atoms with van der Waals surface area (Å²) in [6, 6.07) is 0.272. The number of carbonyl (C=O) groups excluding carboxylic acids is 2. The molecule has 2 heterocycles. The van der Waals surface area contributed by atoms with Crippen LogP contribution in [0, 0.1) is 0 Å². The lowest BCUT2D eigenvalue weighted by Gasteiger charge is -2.36. The normalized spacial score (nSPS) is 22.1. The summed E-state index contributed by atoms with van der Waals surface area (Å²) in [4.78, 5) is 21.4. The molecule has 0 spiro atoms. The van der Waals surface area contributed by atoms with Gasteiger partial charge in [0.05, 0.1) is 25.3 Å². The molecule has 2 rings (SSSR count). The summed E-state index contributed by atoms with van der Waals surface area (Å²) in [5.41, 5.74) is 0. The van der Waals surface area contributed by atoms with Crippen LogP contribution in [0.25, 0.3) is 0 Å². The van der Waals surface area contributed by atoms with Crippen LogP contribution >= 0.6 is 11.1 Å². The monoisotopic (exact) mass is 494 g/mol. The average molecular weight is 495 g/mol. The van der Waals surface area contributed by atoms with Gasteiger partial charge in [0, 0.05) is 12.8 Å². The third kappa shape index (κ3) is 11.8. The maximum Gasteiger partial charge on any atom is 0.220 e. The quantitative estimate of drug-likeness (QED) is 0.387. The van der Waals surface area contributed by atoms with E-state index >= 15 is 0 Å². The largest absolute Gasteiger partial charge is 0.415 e. The SMILES string of the molecule is CC(C)(C)[Si](C)(C)Cl.CC(C)(C)[Si](C)(C)OC[C@@H]1CCC(=O)N1.O=C1CC[C@@H](CO)N1. The van der Waals surface area contributed by atoms with E-state index < -0.39 is 15.7 Å². The third-order valence-corrected chi connectivity index (χ3v) is 16.4. The number of hydrogen-bond acceptors (Lipinski definition) is 4. The van der Waals surface area contributed by atoms with Gasteiger partial charge in [0.15, 0.2) is 15.7 Å². The number of rotatable bonds is 4. The number of aliphatic hydroxyl groups is 1. The Balaban J connectivity index is 0.000000477. The van der Waals surface area contributed by atoms with Crippen LogP contribution < -0.4 is 10.6 Å². The van der Waals surface area contributed by atoms with E-state index in [0.717, 1.165) is 12.8 Å².